The molecule has 0 bridgehead atoms. The van der Waals surface area contributed by atoms with Crippen molar-refractivity contribution < 1.29 is 4.79 Å². The van der Waals surface area contributed by atoms with Gasteiger partial charge in [-0.25, -0.2) is 0 Å². The van der Waals surface area contributed by atoms with E-state index in [4.69, 9.17) is 0 Å². The molecule has 0 amide bonds. The van der Waals surface area contributed by atoms with Crippen LogP contribution in [0.15, 0.2) is 0 Å². The van der Waals surface area contributed by atoms with Crippen LogP contribution in [0, 0.1) is 5.41 Å². The smallest absolute Gasteiger partial charge is 0.140 e. The third kappa shape index (κ3) is 2.79. The van der Waals surface area contributed by atoms with Crippen molar-refractivity contribution in [1.82, 2.24) is 5.32 Å². The van der Waals surface area contributed by atoms with E-state index in [1.807, 2.05) is 32.5 Å². The second-order valence-electron chi connectivity index (χ2n) is 4.19. The fraction of sp³-hybridized carbons (Fsp3) is 0.889. The Bertz CT molecular complexity index is 168. The molecule has 1 saturated heterocycles. The van der Waals surface area contributed by atoms with Gasteiger partial charge in [-0.15, -0.1) is 11.8 Å². The van der Waals surface area contributed by atoms with Gasteiger partial charge in [0, 0.05) is 24.1 Å². The molecule has 0 aromatic carbocycles. The van der Waals surface area contributed by atoms with Crippen molar-refractivity contribution in [3.63, 3.8) is 0 Å². The number of ketones is 1. The van der Waals surface area contributed by atoms with E-state index < -0.39 is 0 Å². The van der Waals surface area contributed by atoms with Gasteiger partial charge in [0.25, 0.3) is 0 Å². The normalized spacial score (nSPS) is 24.4. The van der Waals surface area contributed by atoms with E-state index in [0.717, 1.165) is 12.3 Å². The summed E-state index contributed by atoms with van der Waals surface area (Å²) in [5.41, 5.74) is -0.176. The van der Waals surface area contributed by atoms with Crippen LogP contribution in [0.5, 0.6) is 0 Å². The zero-order valence-electron chi connectivity index (χ0n) is 8.02. The van der Waals surface area contributed by atoms with Gasteiger partial charge in [0.15, 0.2) is 0 Å². The molecule has 1 atom stereocenters. The van der Waals surface area contributed by atoms with Crippen molar-refractivity contribution in [1.29, 1.82) is 0 Å². The monoisotopic (exact) mass is 187 g/mol. The minimum atomic E-state index is -0.176. The molecule has 0 spiro atoms. The highest BCUT2D eigenvalue weighted by atomic mass is 32.2. The number of carbonyl (C=O) groups is 1. The van der Waals surface area contributed by atoms with Crippen molar-refractivity contribution in [2.24, 2.45) is 5.41 Å². The molecule has 1 aliphatic rings. The summed E-state index contributed by atoms with van der Waals surface area (Å²) >= 11 is 1.85. The SMILES string of the molecule is CC(C)(C)C(=O)CC1NCCS1. The lowest BCUT2D eigenvalue weighted by Crippen LogP contribution is -2.29. The first-order valence-corrected chi connectivity index (χ1v) is 5.43. The van der Waals surface area contributed by atoms with Crippen LogP contribution in [0.2, 0.25) is 0 Å². The molecule has 0 aliphatic carbocycles. The first-order chi connectivity index (χ1) is 5.50. The predicted octanol–water partition coefficient (Wildman–Crippen LogP) is 1.65. The molecule has 12 heavy (non-hydrogen) atoms. The van der Waals surface area contributed by atoms with Crippen molar-refractivity contribution in [2.75, 3.05) is 12.3 Å². The number of carbonyl (C=O) groups excluding carboxylic acids is 1. The van der Waals surface area contributed by atoms with E-state index in [-0.39, 0.29) is 5.41 Å². The maximum atomic E-state index is 11.6. The van der Waals surface area contributed by atoms with Gasteiger partial charge in [0.1, 0.15) is 5.78 Å². The van der Waals surface area contributed by atoms with Crippen molar-refractivity contribution in [3.05, 3.63) is 0 Å². The Morgan fingerprint density at radius 2 is 2.25 bits per heavy atom. The van der Waals surface area contributed by atoms with E-state index in [1.165, 1.54) is 0 Å². The highest BCUT2D eigenvalue weighted by Gasteiger charge is 2.26. The second-order valence-corrected chi connectivity index (χ2v) is 5.50. The number of thioether (sulfide) groups is 1. The molecule has 2 nitrogen and oxygen atoms in total. The summed E-state index contributed by atoms with van der Waals surface area (Å²) in [7, 11) is 0. The number of rotatable bonds is 2. The summed E-state index contributed by atoms with van der Waals surface area (Å²) in [6.07, 6.45) is 0.675. The van der Waals surface area contributed by atoms with Gasteiger partial charge in [0.2, 0.25) is 0 Å². The largest absolute Gasteiger partial charge is 0.304 e. The first kappa shape index (κ1) is 10.1. The minimum Gasteiger partial charge on any atom is -0.304 e. The third-order valence-electron chi connectivity index (χ3n) is 2.00. The number of hydrogen-bond donors (Lipinski definition) is 1. The van der Waals surface area contributed by atoms with Gasteiger partial charge in [-0.2, -0.15) is 0 Å². The molecule has 0 saturated carbocycles. The first-order valence-electron chi connectivity index (χ1n) is 4.38. The molecule has 70 valence electrons. The molecule has 1 fully saturated rings. The van der Waals surface area contributed by atoms with Gasteiger partial charge < -0.3 is 5.32 Å². The van der Waals surface area contributed by atoms with E-state index >= 15 is 0 Å². The van der Waals surface area contributed by atoms with Gasteiger partial charge in [-0.3, -0.25) is 4.79 Å². The van der Waals surface area contributed by atoms with Crippen LogP contribution in [0.1, 0.15) is 27.2 Å². The molecule has 1 rings (SSSR count). The quantitative estimate of drug-likeness (QED) is 0.713. The van der Waals surface area contributed by atoms with Gasteiger partial charge in [-0.05, 0) is 0 Å². The molecule has 1 heterocycles. The number of nitrogens with one attached hydrogen (secondary N) is 1. The van der Waals surface area contributed by atoms with Gasteiger partial charge in [-0.1, -0.05) is 20.8 Å². The Hall–Kier alpha value is -0.0200. The molecule has 1 N–H and O–H groups in total. The van der Waals surface area contributed by atoms with E-state index in [1.54, 1.807) is 0 Å². The highest BCUT2D eigenvalue weighted by Crippen LogP contribution is 2.23. The van der Waals surface area contributed by atoms with E-state index in [9.17, 15) is 4.79 Å². The Balaban J connectivity index is 2.35. The Kier molecular flexibility index (Phi) is 3.18. The van der Waals surface area contributed by atoms with Gasteiger partial charge >= 0.3 is 0 Å². The Morgan fingerprint density at radius 3 is 2.67 bits per heavy atom. The topological polar surface area (TPSA) is 29.1 Å². The Morgan fingerprint density at radius 1 is 1.58 bits per heavy atom. The lowest BCUT2D eigenvalue weighted by Gasteiger charge is -2.18. The number of Topliss-reactive ketones (excluding diaryl/α,β-unsaturated/α-hetero) is 1. The van der Waals surface area contributed by atoms with Crippen LogP contribution in [-0.2, 0) is 4.79 Å². The van der Waals surface area contributed by atoms with Crippen LogP contribution in [0.25, 0.3) is 0 Å². The summed E-state index contributed by atoms with van der Waals surface area (Å²) < 4.78 is 0. The lowest BCUT2D eigenvalue weighted by molar-refractivity contribution is -0.126. The zero-order valence-corrected chi connectivity index (χ0v) is 8.83. The molecule has 0 radical (unpaired) electrons. The van der Waals surface area contributed by atoms with E-state index in [2.05, 4.69) is 5.32 Å². The predicted molar refractivity (Wildman–Crippen MR) is 53.3 cm³/mol. The molecule has 0 aromatic rings. The molecular weight excluding hydrogens is 170 g/mol. The lowest BCUT2D eigenvalue weighted by atomic mass is 9.89. The average Bonchev–Trinajstić information content (AvgIpc) is 2.37. The maximum Gasteiger partial charge on any atom is 0.140 e. The molecule has 3 heteroatoms. The fourth-order valence-corrected chi connectivity index (χ4v) is 2.11. The van der Waals surface area contributed by atoms with Crippen LogP contribution < -0.4 is 5.32 Å². The van der Waals surface area contributed by atoms with E-state index in [0.29, 0.717) is 17.6 Å². The molecule has 0 aromatic heterocycles. The minimum absolute atomic E-state index is 0.176. The average molecular weight is 187 g/mol. The zero-order chi connectivity index (χ0) is 9.19. The van der Waals surface area contributed by atoms with Crippen molar-refractivity contribution in [2.45, 2.75) is 32.6 Å². The van der Waals surface area contributed by atoms with Crippen LogP contribution in [0.4, 0.5) is 0 Å². The fourth-order valence-electron chi connectivity index (χ4n) is 1.09. The van der Waals surface area contributed by atoms with Crippen LogP contribution in [-0.4, -0.2) is 23.5 Å². The summed E-state index contributed by atoms with van der Waals surface area (Å²) in [6.45, 7) is 6.99. The summed E-state index contributed by atoms with van der Waals surface area (Å²) in [6, 6.07) is 0. The number of hydrogen-bond acceptors (Lipinski definition) is 3. The van der Waals surface area contributed by atoms with Crippen molar-refractivity contribution >= 4 is 17.5 Å². The maximum absolute atomic E-state index is 11.6. The summed E-state index contributed by atoms with van der Waals surface area (Å²) in [5.74, 6) is 1.50. The Labute approximate surface area is 78.5 Å². The van der Waals surface area contributed by atoms with Crippen LogP contribution in [0.3, 0.4) is 0 Å². The summed E-state index contributed by atoms with van der Waals surface area (Å²) in [4.78, 5) is 11.6. The summed E-state index contributed by atoms with van der Waals surface area (Å²) in [5, 5.41) is 3.67. The van der Waals surface area contributed by atoms with Gasteiger partial charge in [0.05, 0.1) is 5.37 Å². The molecular formula is C9H17NOS. The molecule has 1 aliphatic heterocycles. The molecule has 1 unspecified atom stereocenters. The standard InChI is InChI=1S/C9H17NOS/c1-9(2,3)7(11)6-8-10-4-5-12-8/h8,10H,4-6H2,1-3H3. The third-order valence-corrected chi connectivity index (χ3v) is 3.18. The highest BCUT2D eigenvalue weighted by molar-refractivity contribution is 8.00. The van der Waals surface area contributed by atoms with Crippen LogP contribution >= 0.6 is 11.8 Å². The van der Waals surface area contributed by atoms with Crippen molar-refractivity contribution in [3.8, 4) is 0 Å². The second kappa shape index (κ2) is 3.79.